The molecule has 2 N–H and O–H groups in total. The van der Waals surface area contributed by atoms with Gasteiger partial charge in [-0.2, -0.15) is 11.8 Å². The van der Waals surface area contributed by atoms with Gasteiger partial charge in [0.15, 0.2) is 0 Å². The normalized spacial score (nSPS) is 13.0. The van der Waals surface area contributed by atoms with E-state index in [2.05, 4.69) is 0 Å². The Morgan fingerprint density at radius 2 is 1.67 bits per heavy atom. The summed E-state index contributed by atoms with van der Waals surface area (Å²) >= 11 is 1.82. The summed E-state index contributed by atoms with van der Waals surface area (Å²) in [6.45, 7) is 5.36. The van der Waals surface area contributed by atoms with Crippen LogP contribution >= 0.6 is 11.8 Å². The van der Waals surface area contributed by atoms with Gasteiger partial charge in [-0.05, 0) is 6.92 Å². The van der Waals surface area contributed by atoms with Crippen molar-refractivity contribution in [3.8, 4) is 0 Å². The Bertz CT molecular complexity index is 125. The van der Waals surface area contributed by atoms with E-state index in [0.29, 0.717) is 26.4 Å². The average Bonchev–Trinajstić information content (AvgIpc) is 2.20. The Hall–Kier alpha value is 0.190. The van der Waals surface area contributed by atoms with Crippen molar-refractivity contribution in [1.82, 2.24) is 0 Å². The van der Waals surface area contributed by atoms with E-state index in [-0.39, 0.29) is 6.04 Å². The van der Waals surface area contributed by atoms with Gasteiger partial charge in [-0.3, -0.25) is 0 Å². The van der Waals surface area contributed by atoms with E-state index in [1.807, 2.05) is 18.7 Å². The van der Waals surface area contributed by atoms with Crippen molar-refractivity contribution in [2.45, 2.75) is 13.0 Å². The van der Waals surface area contributed by atoms with Gasteiger partial charge in [0.1, 0.15) is 0 Å². The standard InChI is InChI=1S/C10H23NO3S/c1-10(11)9-15-8-7-14-6-5-13-4-3-12-2/h10H,3-9,11H2,1-2H3. The van der Waals surface area contributed by atoms with Gasteiger partial charge in [-0.25, -0.2) is 0 Å². The van der Waals surface area contributed by atoms with E-state index in [1.165, 1.54) is 0 Å². The van der Waals surface area contributed by atoms with Crippen molar-refractivity contribution in [3.05, 3.63) is 0 Å². The molecule has 0 aliphatic carbocycles. The van der Waals surface area contributed by atoms with Crippen molar-refractivity contribution >= 4 is 11.8 Å². The Morgan fingerprint density at radius 1 is 1.07 bits per heavy atom. The minimum atomic E-state index is 0.271. The van der Waals surface area contributed by atoms with Crippen LogP contribution in [0.15, 0.2) is 0 Å². The van der Waals surface area contributed by atoms with E-state index in [1.54, 1.807) is 7.11 Å². The van der Waals surface area contributed by atoms with Crippen molar-refractivity contribution in [2.75, 3.05) is 51.6 Å². The summed E-state index contributed by atoms with van der Waals surface area (Å²) in [7, 11) is 1.66. The number of hydrogen-bond acceptors (Lipinski definition) is 5. The van der Waals surface area contributed by atoms with Crippen LogP contribution in [0.2, 0.25) is 0 Å². The molecule has 0 saturated heterocycles. The molecule has 0 rings (SSSR count). The van der Waals surface area contributed by atoms with E-state index in [4.69, 9.17) is 19.9 Å². The first-order chi connectivity index (χ1) is 7.27. The van der Waals surface area contributed by atoms with Crippen LogP contribution in [0.4, 0.5) is 0 Å². The molecular formula is C10H23NO3S. The molecule has 4 nitrogen and oxygen atoms in total. The molecule has 1 atom stereocenters. The maximum atomic E-state index is 5.61. The highest BCUT2D eigenvalue weighted by atomic mass is 32.2. The summed E-state index contributed by atoms with van der Waals surface area (Å²) in [4.78, 5) is 0. The van der Waals surface area contributed by atoms with Gasteiger partial charge in [-0.15, -0.1) is 0 Å². The molecule has 0 aromatic rings. The Morgan fingerprint density at radius 3 is 2.27 bits per heavy atom. The summed E-state index contributed by atoms with van der Waals surface area (Å²) in [6, 6.07) is 0.271. The fourth-order valence-electron chi connectivity index (χ4n) is 0.851. The summed E-state index contributed by atoms with van der Waals surface area (Å²) < 4.78 is 15.5. The highest BCUT2D eigenvalue weighted by molar-refractivity contribution is 7.99. The summed E-state index contributed by atoms with van der Waals surface area (Å²) in [5, 5.41) is 0. The summed E-state index contributed by atoms with van der Waals surface area (Å²) in [5.74, 6) is 1.99. The molecule has 0 saturated carbocycles. The van der Waals surface area contributed by atoms with Crippen LogP contribution < -0.4 is 5.73 Å². The number of methoxy groups -OCH3 is 1. The van der Waals surface area contributed by atoms with E-state index < -0.39 is 0 Å². The van der Waals surface area contributed by atoms with Gasteiger partial charge in [0.05, 0.1) is 33.0 Å². The third-order valence-corrected chi connectivity index (χ3v) is 2.77. The molecule has 1 unspecified atom stereocenters. The molecule has 0 aromatic carbocycles. The predicted molar refractivity (Wildman–Crippen MR) is 64.5 cm³/mol. The first-order valence-corrected chi connectivity index (χ1v) is 6.40. The summed E-state index contributed by atoms with van der Waals surface area (Å²) in [6.07, 6.45) is 0. The summed E-state index contributed by atoms with van der Waals surface area (Å²) in [5.41, 5.74) is 5.61. The molecule has 92 valence electrons. The lowest BCUT2D eigenvalue weighted by molar-refractivity contribution is 0.0286. The molecular weight excluding hydrogens is 214 g/mol. The first-order valence-electron chi connectivity index (χ1n) is 5.25. The van der Waals surface area contributed by atoms with Crippen molar-refractivity contribution in [3.63, 3.8) is 0 Å². The van der Waals surface area contributed by atoms with Gasteiger partial charge in [-0.1, -0.05) is 0 Å². The third-order valence-electron chi connectivity index (χ3n) is 1.56. The van der Waals surface area contributed by atoms with E-state index >= 15 is 0 Å². The number of hydrogen-bond donors (Lipinski definition) is 1. The molecule has 0 bridgehead atoms. The van der Waals surface area contributed by atoms with Crippen LogP contribution in [0.5, 0.6) is 0 Å². The van der Waals surface area contributed by atoms with Crippen molar-refractivity contribution in [1.29, 1.82) is 0 Å². The second-order valence-corrected chi connectivity index (χ2v) is 4.42. The fourth-order valence-corrected chi connectivity index (χ4v) is 1.63. The number of rotatable bonds is 11. The minimum absolute atomic E-state index is 0.271. The predicted octanol–water partition coefficient (Wildman–Crippen LogP) is 0.746. The van der Waals surface area contributed by atoms with Crippen LogP contribution in [0.1, 0.15) is 6.92 Å². The zero-order chi connectivity index (χ0) is 11.4. The van der Waals surface area contributed by atoms with E-state index in [0.717, 1.165) is 18.1 Å². The van der Waals surface area contributed by atoms with Crippen molar-refractivity contribution < 1.29 is 14.2 Å². The molecule has 0 aliphatic rings. The van der Waals surface area contributed by atoms with Crippen molar-refractivity contribution in [2.24, 2.45) is 5.73 Å². The molecule has 0 spiro atoms. The number of thioether (sulfide) groups is 1. The molecule has 0 aromatic heterocycles. The molecule has 0 fully saturated rings. The highest BCUT2D eigenvalue weighted by Crippen LogP contribution is 2.00. The van der Waals surface area contributed by atoms with Gasteiger partial charge in [0.25, 0.3) is 0 Å². The molecule has 5 heteroatoms. The lowest BCUT2D eigenvalue weighted by Gasteiger charge is -2.06. The maximum Gasteiger partial charge on any atom is 0.0701 e. The molecule has 0 aliphatic heterocycles. The van der Waals surface area contributed by atoms with Crippen LogP contribution in [-0.4, -0.2) is 57.7 Å². The SMILES string of the molecule is COCCOCCOCCSCC(C)N. The Balaban J connectivity index is 2.87. The smallest absolute Gasteiger partial charge is 0.0701 e. The van der Waals surface area contributed by atoms with Crippen LogP contribution in [0.25, 0.3) is 0 Å². The molecule has 0 amide bonds. The van der Waals surface area contributed by atoms with Gasteiger partial charge < -0.3 is 19.9 Å². The number of ether oxygens (including phenoxy) is 3. The Labute approximate surface area is 96.8 Å². The van der Waals surface area contributed by atoms with E-state index in [9.17, 15) is 0 Å². The second kappa shape index (κ2) is 12.3. The largest absolute Gasteiger partial charge is 0.382 e. The topological polar surface area (TPSA) is 53.7 Å². The molecule has 0 radical (unpaired) electrons. The zero-order valence-corrected chi connectivity index (χ0v) is 10.6. The first kappa shape index (κ1) is 15.2. The highest BCUT2D eigenvalue weighted by Gasteiger charge is 1.94. The van der Waals surface area contributed by atoms with Crippen LogP contribution in [0.3, 0.4) is 0 Å². The van der Waals surface area contributed by atoms with Gasteiger partial charge >= 0.3 is 0 Å². The lowest BCUT2D eigenvalue weighted by atomic mass is 10.4. The molecule has 0 heterocycles. The molecule has 15 heavy (non-hydrogen) atoms. The zero-order valence-electron chi connectivity index (χ0n) is 9.74. The van der Waals surface area contributed by atoms with Crippen LogP contribution in [0, 0.1) is 0 Å². The van der Waals surface area contributed by atoms with Crippen LogP contribution in [-0.2, 0) is 14.2 Å². The third kappa shape index (κ3) is 14.2. The quantitative estimate of drug-likeness (QED) is 0.537. The fraction of sp³-hybridized carbons (Fsp3) is 1.00. The van der Waals surface area contributed by atoms with Gasteiger partial charge in [0.2, 0.25) is 0 Å². The number of nitrogens with two attached hydrogens (primary N) is 1. The Kier molecular flexibility index (Phi) is 12.4. The minimum Gasteiger partial charge on any atom is -0.382 e. The lowest BCUT2D eigenvalue weighted by Crippen LogP contribution is -2.18. The maximum absolute atomic E-state index is 5.61. The average molecular weight is 237 g/mol. The monoisotopic (exact) mass is 237 g/mol. The van der Waals surface area contributed by atoms with Gasteiger partial charge in [0, 0.05) is 24.7 Å². The second-order valence-electron chi connectivity index (χ2n) is 3.27.